The van der Waals surface area contributed by atoms with Gasteiger partial charge in [0.05, 0.1) is 13.2 Å². The average Bonchev–Trinajstić information content (AvgIpc) is 2.49. The van der Waals surface area contributed by atoms with E-state index in [2.05, 4.69) is 4.74 Å². The topological polar surface area (TPSA) is 38.7 Å². The Hall–Kier alpha value is -1.18. The normalized spacial score (nSPS) is 31.4. The summed E-state index contributed by atoms with van der Waals surface area (Å²) in [5.41, 5.74) is 0.715. The SMILES string of the molecule is CC1(O)O[C@H](COCc2ccccc2)C(F)(F)C1(F)F. The van der Waals surface area contributed by atoms with Crippen LogP contribution in [0.5, 0.6) is 0 Å². The highest BCUT2D eigenvalue weighted by molar-refractivity contribution is 5.13. The van der Waals surface area contributed by atoms with E-state index < -0.39 is 30.3 Å². The van der Waals surface area contributed by atoms with Crippen LogP contribution < -0.4 is 0 Å². The number of benzene rings is 1. The van der Waals surface area contributed by atoms with Crippen molar-refractivity contribution in [1.82, 2.24) is 0 Å². The fraction of sp³-hybridized carbons (Fsp3) is 0.538. The number of halogens is 4. The average molecular weight is 294 g/mol. The van der Waals surface area contributed by atoms with Gasteiger partial charge in [0.1, 0.15) is 0 Å². The van der Waals surface area contributed by atoms with Crippen LogP contribution in [0.15, 0.2) is 30.3 Å². The Morgan fingerprint density at radius 3 is 2.30 bits per heavy atom. The fourth-order valence-corrected chi connectivity index (χ4v) is 1.93. The lowest BCUT2D eigenvalue weighted by atomic mass is 10.0. The van der Waals surface area contributed by atoms with Crippen LogP contribution in [-0.4, -0.2) is 35.4 Å². The van der Waals surface area contributed by atoms with Crippen molar-refractivity contribution in [3.8, 4) is 0 Å². The number of aliphatic hydroxyl groups is 1. The Morgan fingerprint density at radius 1 is 1.20 bits per heavy atom. The zero-order chi connectivity index (χ0) is 15.0. The zero-order valence-corrected chi connectivity index (χ0v) is 10.7. The molecule has 0 spiro atoms. The van der Waals surface area contributed by atoms with Crippen molar-refractivity contribution in [3.63, 3.8) is 0 Å². The highest BCUT2D eigenvalue weighted by atomic mass is 19.3. The van der Waals surface area contributed by atoms with Crippen LogP contribution in [0.4, 0.5) is 17.6 Å². The minimum absolute atomic E-state index is 0.00943. The van der Waals surface area contributed by atoms with Crippen molar-refractivity contribution < 1.29 is 32.1 Å². The van der Waals surface area contributed by atoms with E-state index >= 15 is 0 Å². The van der Waals surface area contributed by atoms with Crippen LogP contribution in [0.2, 0.25) is 0 Å². The molecule has 3 nitrogen and oxygen atoms in total. The Kier molecular flexibility index (Phi) is 3.79. The number of alkyl halides is 4. The molecule has 0 amide bonds. The van der Waals surface area contributed by atoms with Gasteiger partial charge in [-0.3, -0.25) is 0 Å². The number of hydrogen-bond acceptors (Lipinski definition) is 3. The summed E-state index contributed by atoms with van der Waals surface area (Å²) in [6, 6.07) is 8.66. The largest absolute Gasteiger partial charge is 0.374 e. The summed E-state index contributed by atoms with van der Waals surface area (Å²) < 4.78 is 62.9. The monoisotopic (exact) mass is 294 g/mol. The molecule has 2 atom stereocenters. The maximum atomic E-state index is 13.5. The molecule has 2 rings (SSSR count). The van der Waals surface area contributed by atoms with Crippen molar-refractivity contribution in [1.29, 1.82) is 0 Å². The molecule has 0 saturated carbocycles. The molecule has 1 N–H and O–H groups in total. The van der Waals surface area contributed by atoms with Gasteiger partial charge < -0.3 is 14.6 Å². The van der Waals surface area contributed by atoms with Crippen molar-refractivity contribution in [2.45, 2.75) is 37.3 Å². The van der Waals surface area contributed by atoms with Gasteiger partial charge in [-0.25, -0.2) is 0 Å². The van der Waals surface area contributed by atoms with Gasteiger partial charge in [0.2, 0.25) is 5.79 Å². The lowest BCUT2D eigenvalue weighted by Gasteiger charge is -2.25. The minimum Gasteiger partial charge on any atom is -0.374 e. The second-order valence-corrected chi connectivity index (χ2v) is 4.79. The molecule has 1 fully saturated rings. The van der Waals surface area contributed by atoms with Gasteiger partial charge in [-0.15, -0.1) is 0 Å². The second kappa shape index (κ2) is 4.98. The quantitative estimate of drug-likeness (QED) is 0.868. The summed E-state index contributed by atoms with van der Waals surface area (Å²) in [7, 11) is 0. The minimum atomic E-state index is -4.67. The van der Waals surface area contributed by atoms with Gasteiger partial charge in [0.25, 0.3) is 0 Å². The van der Waals surface area contributed by atoms with Crippen LogP contribution in [0.1, 0.15) is 12.5 Å². The lowest BCUT2D eigenvalue weighted by Crippen LogP contribution is -2.52. The van der Waals surface area contributed by atoms with Crippen LogP contribution in [0.3, 0.4) is 0 Å². The van der Waals surface area contributed by atoms with E-state index in [4.69, 9.17) is 4.74 Å². The predicted molar refractivity (Wildman–Crippen MR) is 61.5 cm³/mol. The molecule has 0 aliphatic carbocycles. The summed E-state index contributed by atoms with van der Waals surface area (Å²) in [4.78, 5) is 0. The van der Waals surface area contributed by atoms with Gasteiger partial charge in [-0.2, -0.15) is 17.6 Å². The van der Waals surface area contributed by atoms with Gasteiger partial charge in [0.15, 0.2) is 6.10 Å². The Labute approximate surface area is 113 Å². The zero-order valence-electron chi connectivity index (χ0n) is 10.7. The number of hydrogen-bond donors (Lipinski definition) is 1. The molecular weight excluding hydrogens is 280 g/mol. The third kappa shape index (κ3) is 2.41. The van der Waals surface area contributed by atoms with Crippen molar-refractivity contribution in [3.05, 3.63) is 35.9 Å². The first-order valence-electron chi connectivity index (χ1n) is 5.96. The first kappa shape index (κ1) is 15.2. The van der Waals surface area contributed by atoms with Gasteiger partial charge in [0, 0.05) is 0 Å². The standard InChI is InChI=1S/C13H14F4O3/c1-11(18)13(16,17)12(14,15)10(20-11)8-19-7-9-5-3-2-4-6-9/h2-6,10,18H,7-8H2,1H3/t10-,11?/m1/s1. The van der Waals surface area contributed by atoms with Crippen molar-refractivity contribution in [2.24, 2.45) is 0 Å². The maximum Gasteiger partial charge on any atom is 0.364 e. The number of rotatable bonds is 4. The van der Waals surface area contributed by atoms with Gasteiger partial charge in [-0.1, -0.05) is 30.3 Å². The van der Waals surface area contributed by atoms with Crippen LogP contribution in [0.25, 0.3) is 0 Å². The molecule has 20 heavy (non-hydrogen) atoms. The predicted octanol–water partition coefficient (Wildman–Crippen LogP) is 2.58. The highest BCUT2D eigenvalue weighted by Crippen LogP contribution is 2.52. The third-order valence-electron chi connectivity index (χ3n) is 3.16. The first-order chi connectivity index (χ1) is 9.18. The van der Waals surface area contributed by atoms with E-state index in [1.165, 1.54) is 0 Å². The Balaban J connectivity index is 1.97. The van der Waals surface area contributed by atoms with E-state index in [-0.39, 0.29) is 6.61 Å². The van der Waals surface area contributed by atoms with E-state index in [0.717, 1.165) is 0 Å². The summed E-state index contributed by atoms with van der Waals surface area (Å²) in [6.07, 6.45) is -2.20. The molecule has 1 unspecified atom stereocenters. The molecule has 1 aromatic carbocycles. The van der Waals surface area contributed by atoms with Crippen molar-refractivity contribution >= 4 is 0 Å². The van der Waals surface area contributed by atoms with Gasteiger partial charge in [-0.05, 0) is 12.5 Å². The van der Waals surface area contributed by atoms with Gasteiger partial charge >= 0.3 is 11.8 Å². The first-order valence-corrected chi connectivity index (χ1v) is 5.96. The van der Waals surface area contributed by atoms with Crippen LogP contribution in [0, 0.1) is 0 Å². The molecule has 0 radical (unpaired) electrons. The van der Waals surface area contributed by atoms with Crippen molar-refractivity contribution in [2.75, 3.05) is 6.61 Å². The third-order valence-corrected chi connectivity index (χ3v) is 3.16. The van der Waals surface area contributed by atoms with E-state index in [1.54, 1.807) is 30.3 Å². The summed E-state index contributed by atoms with van der Waals surface area (Å²) in [6.45, 7) is -0.240. The molecule has 1 aliphatic rings. The Morgan fingerprint density at radius 2 is 1.80 bits per heavy atom. The summed E-state index contributed by atoms with van der Waals surface area (Å²) >= 11 is 0. The molecule has 1 aromatic rings. The molecule has 0 aromatic heterocycles. The summed E-state index contributed by atoms with van der Waals surface area (Å²) in [5, 5.41) is 9.24. The highest BCUT2D eigenvalue weighted by Gasteiger charge is 2.77. The summed E-state index contributed by atoms with van der Waals surface area (Å²) in [5.74, 6) is -12.4. The lowest BCUT2D eigenvalue weighted by molar-refractivity contribution is -0.291. The van der Waals surface area contributed by atoms with Crippen LogP contribution in [-0.2, 0) is 16.1 Å². The van der Waals surface area contributed by atoms with E-state index in [9.17, 15) is 22.7 Å². The molecule has 1 saturated heterocycles. The fourth-order valence-electron chi connectivity index (χ4n) is 1.93. The second-order valence-electron chi connectivity index (χ2n) is 4.79. The molecule has 0 bridgehead atoms. The Bertz CT molecular complexity index is 462. The van der Waals surface area contributed by atoms with E-state index in [1.807, 2.05) is 0 Å². The van der Waals surface area contributed by atoms with E-state index in [0.29, 0.717) is 12.5 Å². The molecule has 7 heteroatoms. The molecule has 112 valence electrons. The smallest absolute Gasteiger partial charge is 0.364 e. The molecular formula is C13H14F4O3. The maximum absolute atomic E-state index is 13.5. The molecule has 1 heterocycles. The number of ether oxygens (including phenoxy) is 2. The van der Waals surface area contributed by atoms with Crippen LogP contribution >= 0.6 is 0 Å². The molecule has 1 aliphatic heterocycles.